The van der Waals surface area contributed by atoms with Crippen LogP contribution < -0.4 is 9.47 Å². The van der Waals surface area contributed by atoms with Crippen LogP contribution in [0.15, 0.2) is 42.5 Å². The van der Waals surface area contributed by atoms with E-state index in [2.05, 4.69) is 15.9 Å². The average Bonchev–Trinajstić information content (AvgIpc) is 2.52. The van der Waals surface area contributed by atoms with Gasteiger partial charge in [-0.3, -0.25) is 10.1 Å². The fraction of sp³-hybridized carbons (Fsp3) is 0.200. The Kier molecular flexibility index (Phi) is 5.16. The number of nitrogens with zero attached hydrogens (tertiary/aromatic N) is 1. The second kappa shape index (κ2) is 7.08. The third kappa shape index (κ3) is 3.52. The zero-order chi connectivity index (χ0) is 15.2. The first-order chi connectivity index (χ1) is 10.2. The van der Waals surface area contributed by atoms with Gasteiger partial charge < -0.3 is 9.47 Å². The van der Waals surface area contributed by atoms with Gasteiger partial charge in [-0.25, -0.2) is 0 Å². The summed E-state index contributed by atoms with van der Waals surface area (Å²) in [6.07, 6.45) is 0. The summed E-state index contributed by atoms with van der Waals surface area (Å²) in [7, 11) is 1.58. The van der Waals surface area contributed by atoms with Crippen LogP contribution in [0.1, 0.15) is 0 Å². The molecule has 0 aromatic heterocycles. The normalized spacial score (nSPS) is 10.2. The molecule has 0 unspecified atom stereocenters. The van der Waals surface area contributed by atoms with Crippen molar-refractivity contribution in [2.24, 2.45) is 0 Å². The molecule has 0 N–H and O–H groups in total. The molecule has 21 heavy (non-hydrogen) atoms. The Morgan fingerprint density at radius 2 is 1.90 bits per heavy atom. The smallest absolute Gasteiger partial charge is 0.269 e. The number of rotatable bonds is 6. The number of alkyl halides is 1. The number of methoxy groups -OCH3 is 1. The van der Waals surface area contributed by atoms with Gasteiger partial charge in [0.25, 0.3) is 5.69 Å². The largest absolute Gasteiger partial charge is 0.493 e. The lowest BCUT2D eigenvalue weighted by molar-refractivity contribution is -0.384. The number of nitro groups is 1. The summed E-state index contributed by atoms with van der Waals surface area (Å²) in [5, 5.41) is 11.4. The maximum Gasteiger partial charge on any atom is 0.269 e. The van der Waals surface area contributed by atoms with Crippen molar-refractivity contribution in [3.63, 3.8) is 0 Å². The lowest BCUT2D eigenvalue weighted by Gasteiger charge is -2.14. The molecule has 0 atom stereocenters. The van der Waals surface area contributed by atoms with E-state index in [1.54, 1.807) is 19.2 Å². The van der Waals surface area contributed by atoms with Gasteiger partial charge in [0.15, 0.2) is 11.5 Å². The molecule has 2 rings (SSSR count). The number of benzene rings is 2. The third-order valence-corrected chi connectivity index (χ3v) is 3.24. The van der Waals surface area contributed by atoms with Crippen LogP contribution in [0.3, 0.4) is 0 Å². The molecule has 2 aromatic carbocycles. The topological polar surface area (TPSA) is 61.6 Å². The molecule has 0 amide bonds. The average molecular weight is 352 g/mol. The highest BCUT2D eigenvalue weighted by Crippen LogP contribution is 2.38. The van der Waals surface area contributed by atoms with Crippen LogP contribution in [-0.4, -0.2) is 24.0 Å². The van der Waals surface area contributed by atoms with E-state index in [1.807, 2.05) is 18.2 Å². The molecule has 0 radical (unpaired) electrons. The van der Waals surface area contributed by atoms with Gasteiger partial charge in [-0.1, -0.05) is 28.1 Å². The fourth-order valence-electron chi connectivity index (χ4n) is 1.96. The molecule has 0 spiro atoms. The maximum atomic E-state index is 10.7. The monoisotopic (exact) mass is 351 g/mol. The van der Waals surface area contributed by atoms with E-state index in [4.69, 9.17) is 9.47 Å². The van der Waals surface area contributed by atoms with Gasteiger partial charge >= 0.3 is 0 Å². The van der Waals surface area contributed by atoms with Gasteiger partial charge in [-0.05, 0) is 23.8 Å². The van der Waals surface area contributed by atoms with E-state index in [1.165, 1.54) is 12.1 Å². The van der Waals surface area contributed by atoms with Crippen molar-refractivity contribution >= 4 is 21.6 Å². The van der Waals surface area contributed by atoms with Gasteiger partial charge in [-0.2, -0.15) is 0 Å². The van der Waals surface area contributed by atoms with Crippen LogP contribution >= 0.6 is 15.9 Å². The van der Waals surface area contributed by atoms with Crippen LogP contribution in [0, 0.1) is 10.1 Å². The van der Waals surface area contributed by atoms with E-state index in [0.29, 0.717) is 23.4 Å². The van der Waals surface area contributed by atoms with Crippen molar-refractivity contribution in [1.82, 2.24) is 0 Å². The first-order valence-electron chi connectivity index (χ1n) is 6.28. The summed E-state index contributed by atoms with van der Waals surface area (Å²) in [5.41, 5.74) is 1.74. The molecular formula is C15H14BrNO4. The SMILES string of the molecule is COc1cccc(-c2ccc([N+](=O)[O-])cc2)c1OCCBr. The minimum absolute atomic E-state index is 0.0598. The predicted octanol–water partition coefficient (Wildman–Crippen LogP) is 4.04. The summed E-state index contributed by atoms with van der Waals surface area (Å²) in [6, 6.07) is 11.9. The van der Waals surface area contributed by atoms with E-state index in [9.17, 15) is 10.1 Å². The molecular weight excluding hydrogens is 338 g/mol. The molecule has 0 aliphatic heterocycles. The van der Waals surface area contributed by atoms with Crippen molar-refractivity contribution in [3.05, 3.63) is 52.6 Å². The lowest BCUT2D eigenvalue weighted by atomic mass is 10.0. The van der Waals surface area contributed by atoms with Gasteiger partial charge in [0.1, 0.15) is 0 Å². The van der Waals surface area contributed by atoms with Crippen LogP contribution in [0.2, 0.25) is 0 Å². The number of hydrogen-bond acceptors (Lipinski definition) is 4. The van der Waals surface area contributed by atoms with Crippen molar-refractivity contribution in [2.45, 2.75) is 0 Å². The van der Waals surface area contributed by atoms with E-state index >= 15 is 0 Å². The first-order valence-corrected chi connectivity index (χ1v) is 7.40. The molecule has 6 heteroatoms. The number of halogens is 1. The molecule has 2 aromatic rings. The summed E-state index contributed by atoms with van der Waals surface area (Å²) >= 11 is 3.32. The molecule has 0 fully saturated rings. The standard InChI is InChI=1S/C15H14BrNO4/c1-20-14-4-2-3-13(15(14)21-10-9-16)11-5-7-12(8-6-11)17(18)19/h2-8H,9-10H2,1H3. The predicted molar refractivity (Wildman–Crippen MR) is 84.4 cm³/mol. The molecule has 0 saturated heterocycles. The Bertz CT molecular complexity index is 628. The number of nitro benzene ring substituents is 1. The highest BCUT2D eigenvalue weighted by atomic mass is 79.9. The Morgan fingerprint density at radius 3 is 2.48 bits per heavy atom. The maximum absolute atomic E-state index is 10.7. The van der Waals surface area contributed by atoms with Crippen LogP contribution in [-0.2, 0) is 0 Å². The molecule has 110 valence electrons. The number of hydrogen-bond donors (Lipinski definition) is 0. The van der Waals surface area contributed by atoms with Gasteiger partial charge in [-0.15, -0.1) is 0 Å². The van der Waals surface area contributed by atoms with Crippen LogP contribution in [0.25, 0.3) is 11.1 Å². The quantitative estimate of drug-likeness (QED) is 0.447. The van der Waals surface area contributed by atoms with Crippen LogP contribution in [0.4, 0.5) is 5.69 Å². The summed E-state index contributed by atoms with van der Waals surface area (Å²) < 4.78 is 11.1. The molecule has 0 aliphatic rings. The van der Waals surface area contributed by atoms with Crippen molar-refractivity contribution < 1.29 is 14.4 Å². The van der Waals surface area contributed by atoms with E-state index in [0.717, 1.165) is 11.1 Å². The van der Waals surface area contributed by atoms with Crippen molar-refractivity contribution in [2.75, 3.05) is 19.0 Å². The molecule has 0 saturated carbocycles. The molecule has 5 nitrogen and oxygen atoms in total. The van der Waals surface area contributed by atoms with Gasteiger partial charge in [0, 0.05) is 23.0 Å². The van der Waals surface area contributed by atoms with Crippen LogP contribution in [0.5, 0.6) is 11.5 Å². The first kappa shape index (κ1) is 15.3. The Labute approximate surface area is 130 Å². The zero-order valence-electron chi connectivity index (χ0n) is 11.4. The summed E-state index contributed by atoms with van der Waals surface area (Å²) in [6.45, 7) is 0.500. The zero-order valence-corrected chi connectivity index (χ0v) is 13.0. The van der Waals surface area contributed by atoms with Crippen molar-refractivity contribution in [1.29, 1.82) is 0 Å². The van der Waals surface area contributed by atoms with Gasteiger partial charge in [0.2, 0.25) is 0 Å². The Hall–Kier alpha value is -2.08. The Balaban J connectivity index is 2.44. The highest BCUT2D eigenvalue weighted by molar-refractivity contribution is 9.09. The number of para-hydroxylation sites is 1. The molecule has 0 bridgehead atoms. The fourth-order valence-corrected chi connectivity index (χ4v) is 2.12. The number of non-ortho nitro benzene ring substituents is 1. The summed E-state index contributed by atoms with van der Waals surface area (Å²) in [5.74, 6) is 1.26. The third-order valence-electron chi connectivity index (χ3n) is 2.91. The number of ether oxygens (including phenoxy) is 2. The second-order valence-electron chi connectivity index (χ2n) is 4.18. The van der Waals surface area contributed by atoms with Gasteiger partial charge in [0.05, 0.1) is 18.6 Å². The van der Waals surface area contributed by atoms with Crippen molar-refractivity contribution in [3.8, 4) is 22.6 Å². The minimum Gasteiger partial charge on any atom is -0.493 e. The summed E-state index contributed by atoms with van der Waals surface area (Å²) in [4.78, 5) is 10.3. The lowest BCUT2D eigenvalue weighted by Crippen LogP contribution is -2.01. The molecule has 0 heterocycles. The second-order valence-corrected chi connectivity index (χ2v) is 4.97. The Morgan fingerprint density at radius 1 is 1.19 bits per heavy atom. The van der Waals surface area contributed by atoms with E-state index in [-0.39, 0.29) is 5.69 Å². The molecule has 0 aliphatic carbocycles. The highest BCUT2D eigenvalue weighted by Gasteiger charge is 2.13. The minimum atomic E-state index is -0.419. The van der Waals surface area contributed by atoms with E-state index < -0.39 is 4.92 Å².